The van der Waals surface area contributed by atoms with Crippen LogP contribution in [0, 0.1) is 17.0 Å². The number of hydrogen-bond acceptors (Lipinski definition) is 6. The Morgan fingerprint density at radius 1 is 1.50 bits per heavy atom. The lowest BCUT2D eigenvalue weighted by atomic mass is 10.3. The maximum absolute atomic E-state index is 10.8. The van der Waals surface area contributed by atoms with Gasteiger partial charge in [0.25, 0.3) is 0 Å². The van der Waals surface area contributed by atoms with Gasteiger partial charge in [0, 0.05) is 12.3 Å². The molecule has 0 bridgehead atoms. The summed E-state index contributed by atoms with van der Waals surface area (Å²) in [5.74, 6) is 1.35. The van der Waals surface area contributed by atoms with Gasteiger partial charge in [-0.25, -0.2) is 9.97 Å². The summed E-state index contributed by atoms with van der Waals surface area (Å²) in [5.41, 5.74) is -0.0763. The number of oxazole rings is 1. The second kappa shape index (κ2) is 4.82. The zero-order valence-corrected chi connectivity index (χ0v) is 9.95. The molecule has 0 saturated heterocycles. The van der Waals surface area contributed by atoms with Gasteiger partial charge < -0.3 is 9.73 Å². The van der Waals surface area contributed by atoms with Crippen LogP contribution >= 0.6 is 0 Å². The maximum atomic E-state index is 10.8. The fourth-order valence-corrected chi connectivity index (χ4v) is 1.49. The average Bonchev–Trinajstić information content (AvgIpc) is 2.76. The molecule has 0 aliphatic carbocycles. The van der Waals surface area contributed by atoms with E-state index in [-0.39, 0.29) is 17.5 Å². The van der Waals surface area contributed by atoms with E-state index < -0.39 is 4.92 Å². The van der Waals surface area contributed by atoms with Gasteiger partial charge in [0.15, 0.2) is 0 Å². The first-order valence-electron chi connectivity index (χ1n) is 5.36. The first kappa shape index (κ1) is 12.0. The molecule has 18 heavy (non-hydrogen) atoms. The highest BCUT2D eigenvalue weighted by molar-refractivity contribution is 5.55. The van der Waals surface area contributed by atoms with Gasteiger partial charge in [0.2, 0.25) is 11.7 Å². The monoisotopic (exact) mass is 248 g/mol. The quantitative estimate of drug-likeness (QED) is 0.659. The Morgan fingerprint density at radius 3 is 2.89 bits per heavy atom. The first-order chi connectivity index (χ1) is 8.58. The molecule has 2 aromatic heterocycles. The van der Waals surface area contributed by atoms with E-state index in [2.05, 4.69) is 15.3 Å². The van der Waals surface area contributed by atoms with Crippen LogP contribution in [-0.2, 0) is 0 Å². The number of hydrogen-bond donors (Lipinski definition) is 1. The van der Waals surface area contributed by atoms with E-state index in [1.807, 2.05) is 0 Å². The molecule has 0 aliphatic heterocycles. The second-order valence-electron chi connectivity index (χ2n) is 3.80. The Bertz CT molecular complexity index is 567. The third-order valence-electron chi connectivity index (χ3n) is 2.35. The molecule has 7 heteroatoms. The smallest absolute Gasteiger partial charge is 0.311 e. The van der Waals surface area contributed by atoms with E-state index in [9.17, 15) is 10.1 Å². The van der Waals surface area contributed by atoms with Crippen molar-refractivity contribution in [1.82, 2.24) is 9.97 Å². The average molecular weight is 248 g/mol. The molecule has 0 aromatic carbocycles. The van der Waals surface area contributed by atoms with E-state index in [0.29, 0.717) is 11.7 Å². The van der Waals surface area contributed by atoms with Crippen molar-refractivity contribution >= 4 is 11.5 Å². The van der Waals surface area contributed by atoms with Gasteiger partial charge in [-0.3, -0.25) is 10.1 Å². The van der Waals surface area contributed by atoms with Crippen LogP contribution in [0.1, 0.15) is 24.6 Å². The molecule has 1 unspecified atom stereocenters. The standard InChI is InChI=1S/C11H12N4O3/c1-7-6-13-11(18-7)8(2)14-10-9(15(16)17)4-3-5-12-10/h3-6,8H,1-2H3,(H,12,14). The van der Waals surface area contributed by atoms with E-state index in [1.54, 1.807) is 20.0 Å². The van der Waals surface area contributed by atoms with Crippen molar-refractivity contribution in [3.8, 4) is 0 Å². The summed E-state index contributed by atoms with van der Waals surface area (Å²) in [7, 11) is 0. The lowest BCUT2D eigenvalue weighted by Crippen LogP contribution is -2.09. The fourth-order valence-electron chi connectivity index (χ4n) is 1.49. The van der Waals surface area contributed by atoms with E-state index in [0.717, 1.165) is 0 Å². The molecule has 7 nitrogen and oxygen atoms in total. The number of aryl methyl sites for hydroxylation is 1. The summed E-state index contributed by atoms with van der Waals surface area (Å²) >= 11 is 0. The zero-order chi connectivity index (χ0) is 13.1. The molecular weight excluding hydrogens is 236 g/mol. The van der Waals surface area contributed by atoms with Crippen molar-refractivity contribution in [2.45, 2.75) is 19.9 Å². The summed E-state index contributed by atoms with van der Waals surface area (Å²) < 4.78 is 5.35. The summed E-state index contributed by atoms with van der Waals surface area (Å²) in [5, 5.41) is 13.7. The van der Waals surface area contributed by atoms with Crippen molar-refractivity contribution in [2.75, 3.05) is 5.32 Å². The van der Waals surface area contributed by atoms with Gasteiger partial charge in [-0.2, -0.15) is 0 Å². The Morgan fingerprint density at radius 2 is 2.28 bits per heavy atom. The number of pyridine rings is 1. The van der Waals surface area contributed by atoms with Crippen LogP contribution in [-0.4, -0.2) is 14.9 Å². The largest absolute Gasteiger partial charge is 0.444 e. The highest BCUT2D eigenvalue weighted by Gasteiger charge is 2.18. The highest BCUT2D eigenvalue weighted by Crippen LogP contribution is 2.25. The number of rotatable bonds is 4. The Balaban J connectivity index is 2.21. The molecule has 0 saturated carbocycles. The van der Waals surface area contributed by atoms with Crippen LogP contribution in [0.2, 0.25) is 0 Å². The Hall–Kier alpha value is -2.44. The first-order valence-corrected chi connectivity index (χ1v) is 5.36. The molecule has 0 amide bonds. The second-order valence-corrected chi connectivity index (χ2v) is 3.80. The van der Waals surface area contributed by atoms with Crippen LogP contribution in [0.4, 0.5) is 11.5 Å². The molecule has 94 valence electrons. The minimum absolute atomic E-state index is 0.0763. The predicted octanol–water partition coefficient (Wildman–Crippen LogP) is 2.46. The fraction of sp³-hybridized carbons (Fsp3) is 0.273. The van der Waals surface area contributed by atoms with Gasteiger partial charge in [0.05, 0.1) is 11.1 Å². The number of nitrogens with one attached hydrogen (secondary N) is 1. The zero-order valence-electron chi connectivity index (χ0n) is 9.95. The topological polar surface area (TPSA) is 94.1 Å². The van der Waals surface area contributed by atoms with Crippen molar-refractivity contribution in [3.05, 3.63) is 46.3 Å². The number of anilines is 1. The Kier molecular flexibility index (Phi) is 3.22. The van der Waals surface area contributed by atoms with Gasteiger partial charge in [-0.1, -0.05) is 0 Å². The third-order valence-corrected chi connectivity index (χ3v) is 2.35. The predicted molar refractivity (Wildman–Crippen MR) is 64.2 cm³/mol. The van der Waals surface area contributed by atoms with Crippen LogP contribution in [0.15, 0.2) is 28.9 Å². The minimum Gasteiger partial charge on any atom is -0.444 e. The van der Waals surface area contributed by atoms with Crippen molar-refractivity contribution < 1.29 is 9.34 Å². The molecule has 2 aromatic rings. The summed E-state index contributed by atoms with van der Waals surface area (Å²) in [4.78, 5) is 18.4. The number of nitro groups is 1. The summed E-state index contributed by atoms with van der Waals surface area (Å²) in [6.45, 7) is 3.58. The molecule has 0 radical (unpaired) electrons. The van der Waals surface area contributed by atoms with Gasteiger partial charge in [0.1, 0.15) is 11.8 Å². The van der Waals surface area contributed by atoms with Crippen LogP contribution in [0.25, 0.3) is 0 Å². The van der Waals surface area contributed by atoms with Crippen molar-refractivity contribution in [1.29, 1.82) is 0 Å². The molecule has 1 atom stereocenters. The minimum atomic E-state index is -0.483. The van der Waals surface area contributed by atoms with E-state index in [4.69, 9.17) is 4.42 Å². The van der Waals surface area contributed by atoms with E-state index >= 15 is 0 Å². The SMILES string of the molecule is Cc1cnc(C(C)Nc2ncccc2[N+](=O)[O-])o1. The molecule has 0 fully saturated rings. The highest BCUT2D eigenvalue weighted by atomic mass is 16.6. The molecular formula is C11H12N4O3. The number of aromatic nitrogens is 2. The number of nitrogens with zero attached hydrogens (tertiary/aromatic N) is 3. The molecule has 2 rings (SSSR count). The summed E-state index contributed by atoms with van der Waals surface area (Å²) in [6.07, 6.45) is 3.09. The van der Waals surface area contributed by atoms with Crippen molar-refractivity contribution in [3.63, 3.8) is 0 Å². The van der Waals surface area contributed by atoms with E-state index in [1.165, 1.54) is 18.3 Å². The molecule has 0 aliphatic rings. The summed E-state index contributed by atoms with van der Waals surface area (Å²) in [6, 6.07) is 2.61. The molecule has 0 spiro atoms. The molecule has 2 heterocycles. The molecule has 1 N–H and O–H groups in total. The third kappa shape index (κ3) is 2.45. The van der Waals surface area contributed by atoms with Gasteiger partial charge >= 0.3 is 5.69 Å². The normalized spacial score (nSPS) is 12.1. The Labute approximate surface area is 103 Å². The van der Waals surface area contributed by atoms with Crippen LogP contribution in [0.3, 0.4) is 0 Å². The van der Waals surface area contributed by atoms with Crippen LogP contribution in [0.5, 0.6) is 0 Å². The van der Waals surface area contributed by atoms with Crippen LogP contribution < -0.4 is 5.32 Å². The lowest BCUT2D eigenvalue weighted by Gasteiger charge is -2.10. The maximum Gasteiger partial charge on any atom is 0.311 e. The van der Waals surface area contributed by atoms with Gasteiger partial charge in [-0.15, -0.1) is 0 Å². The van der Waals surface area contributed by atoms with Gasteiger partial charge in [-0.05, 0) is 19.9 Å². The lowest BCUT2D eigenvalue weighted by molar-refractivity contribution is -0.384. The van der Waals surface area contributed by atoms with Crippen molar-refractivity contribution in [2.24, 2.45) is 0 Å².